The summed E-state index contributed by atoms with van der Waals surface area (Å²) in [5.74, 6) is 4.71. The third kappa shape index (κ3) is 3.42. The summed E-state index contributed by atoms with van der Waals surface area (Å²) in [7, 11) is 0. The van der Waals surface area contributed by atoms with Crippen molar-refractivity contribution >= 4 is 15.9 Å². The van der Waals surface area contributed by atoms with Gasteiger partial charge < -0.3 is 0 Å². The van der Waals surface area contributed by atoms with Crippen LogP contribution in [0, 0.1) is 5.82 Å². The molecule has 0 aromatic heterocycles. The summed E-state index contributed by atoms with van der Waals surface area (Å²) < 4.78 is 53.7. The fraction of sp³-hybridized carbons (Fsp3) is 0.143. The molecule has 3 N–H and O–H groups in total. The van der Waals surface area contributed by atoms with Crippen molar-refractivity contribution < 1.29 is 17.6 Å². The summed E-state index contributed by atoms with van der Waals surface area (Å²) in [5, 5.41) is 0. The molecule has 0 radical (unpaired) electrons. The molecule has 2 aromatic rings. The molecule has 1 unspecified atom stereocenters. The molecule has 0 aliphatic heterocycles. The largest absolute Gasteiger partial charge is 0.416 e. The van der Waals surface area contributed by atoms with Crippen LogP contribution in [-0.2, 0) is 6.18 Å². The van der Waals surface area contributed by atoms with E-state index in [2.05, 4.69) is 21.4 Å². The first kappa shape index (κ1) is 15.9. The molecular weight excluding hydrogens is 352 g/mol. The van der Waals surface area contributed by atoms with E-state index in [1.165, 1.54) is 30.3 Å². The first-order chi connectivity index (χ1) is 9.84. The van der Waals surface area contributed by atoms with Gasteiger partial charge in [-0.25, -0.2) is 9.82 Å². The summed E-state index contributed by atoms with van der Waals surface area (Å²) in [6, 6.07) is 7.94. The minimum Gasteiger partial charge on any atom is -0.271 e. The summed E-state index contributed by atoms with van der Waals surface area (Å²) in [4.78, 5) is 0. The number of rotatable bonds is 3. The van der Waals surface area contributed by atoms with Gasteiger partial charge in [0.1, 0.15) is 5.82 Å². The molecule has 1 atom stereocenters. The first-order valence-electron chi connectivity index (χ1n) is 5.91. The Hall–Kier alpha value is -1.44. The Balaban J connectivity index is 2.57. The zero-order valence-electron chi connectivity index (χ0n) is 10.6. The Morgan fingerprint density at radius 3 is 2.29 bits per heavy atom. The highest BCUT2D eigenvalue weighted by atomic mass is 79.9. The Morgan fingerprint density at radius 1 is 1.05 bits per heavy atom. The van der Waals surface area contributed by atoms with Gasteiger partial charge in [0.05, 0.1) is 11.6 Å². The number of nitrogens with two attached hydrogens (primary N) is 1. The van der Waals surface area contributed by atoms with E-state index >= 15 is 0 Å². The maximum absolute atomic E-state index is 14.0. The van der Waals surface area contributed by atoms with E-state index in [0.29, 0.717) is 4.47 Å². The molecule has 0 amide bonds. The van der Waals surface area contributed by atoms with Crippen molar-refractivity contribution in [2.45, 2.75) is 12.2 Å². The molecule has 0 spiro atoms. The lowest BCUT2D eigenvalue weighted by molar-refractivity contribution is -0.138. The quantitative estimate of drug-likeness (QED) is 0.488. The molecule has 2 aromatic carbocycles. The van der Waals surface area contributed by atoms with E-state index in [1.807, 2.05) is 0 Å². The average molecular weight is 363 g/mol. The van der Waals surface area contributed by atoms with E-state index in [4.69, 9.17) is 5.84 Å². The summed E-state index contributed by atoms with van der Waals surface area (Å²) >= 11 is 3.10. The van der Waals surface area contributed by atoms with Gasteiger partial charge in [0, 0.05) is 10.0 Å². The van der Waals surface area contributed by atoms with Gasteiger partial charge in [-0.05, 0) is 23.8 Å². The van der Waals surface area contributed by atoms with E-state index in [-0.39, 0.29) is 11.1 Å². The number of hydrogen-bond donors (Lipinski definition) is 2. The predicted octanol–water partition coefficient (Wildman–Crippen LogP) is 4.16. The molecular formula is C14H11BrF4N2. The molecule has 0 saturated heterocycles. The molecule has 0 aliphatic rings. The number of hydrogen-bond acceptors (Lipinski definition) is 2. The van der Waals surface area contributed by atoms with Crippen LogP contribution in [0.4, 0.5) is 17.6 Å². The monoisotopic (exact) mass is 362 g/mol. The van der Waals surface area contributed by atoms with Crippen LogP contribution >= 0.6 is 15.9 Å². The van der Waals surface area contributed by atoms with Crippen molar-refractivity contribution in [1.82, 2.24) is 5.43 Å². The highest BCUT2D eigenvalue weighted by Crippen LogP contribution is 2.37. The summed E-state index contributed by atoms with van der Waals surface area (Å²) in [6.07, 6.45) is -4.54. The highest BCUT2D eigenvalue weighted by Gasteiger charge is 2.35. The molecule has 0 bridgehead atoms. The van der Waals surface area contributed by atoms with Crippen molar-refractivity contribution in [2.75, 3.05) is 0 Å². The second-order valence-corrected chi connectivity index (χ2v) is 5.27. The average Bonchev–Trinajstić information content (AvgIpc) is 2.41. The smallest absolute Gasteiger partial charge is 0.271 e. The Bertz CT molecular complexity index is 643. The fourth-order valence-corrected chi connectivity index (χ4v) is 2.42. The lowest BCUT2D eigenvalue weighted by Crippen LogP contribution is -2.31. The third-order valence-electron chi connectivity index (χ3n) is 3.02. The van der Waals surface area contributed by atoms with Gasteiger partial charge in [0.15, 0.2) is 0 Å². The Kier molecular flexibility index (Phi) is 4.65. The van der Waals surface area contributed by atoms with E-state index < -0.39 is 23.6 Å². The molecule has 0 heterocycles. The fourth-order valence-electron chi connectivity index (χ4n) is 2.09. The molecule has 7 heteroatoms. The summed E-state index contributed by atoms with van der Waals surface area (Å²) in [5.41, 5.74) is 1.31. The van der Waals surface area contributed by atoms with Crippen molar-refractivity contribution in [3.63, 3.8) is 0 Å². The normalized spacial score (nSPS) is 13.2. The van der Waals surface area contributed by atoms with Crippen molar-refractivity contribution in [1.29, 1.82) is 0 Å². The molecule has 2 rings (SSSR count). The number of halogens is 5. The van der Waals surface area contributed by atoms with Crippen LogP contribution in [0.3, 0.4) is 0 Å². The summed E-state index contributed by atoms with van der Waals surface area (Å²) in [6.45, 7) is 0. The second-order valence-electron chi connectivity index (χ2n) is 4.35. The molecule has 112 valence electrons. The predicted molar refractivity (Wildman–Crippen MR) is 74.7 cm³/mol. The van der Waals surface area contributed by atoms with Crippen LogP contribution in [0.15, 0.2) is 46.9 Å². The van der Waals surface area contributed by atoms with E-state index in [1.54, 1.807) is 6.07 Å². The maximum Gasteiger partial charge on any atom is 0.416 e. The second kappa shape index (κ2) is 6.13. The number of benzene rings is 2. The van der Waals surface area contributed by atoms with Gasteiger partial charge in [0.2, 0.25) is 0 Å². The lowest BCUT2D eigenvalue weighted by atomic mass is 9.94. The van der Waals surface area contributed by atoms with Crippen LogP contribution in [0.2, 0.25) is 0 Å². The van der Waals surface area contributed by atoms with Crippen LogP contribution < -0.4 is 11.3 Å². The zero-order valence-corrected chi connectivity index (χ0v) is 12.2. The van der Waals surface area contributed by atoms with Crippen LogP contribution in [0.1, 0.15) is 22.7 Å². The molecule has 0 fully saturated rings. The van der Waals surface area contributed by atoms with E-state index in [9.17, 15) is 17.6 Å². The van der Waals surface area contributed by atoms with Crippen LogP contribution in [0.5, 0.6) is 0 Å². The van der Waals surface area contributed by atoms with Crippen molar-refractivity contribution in [3.8, 4) is 0 Å². The third-order valence-corrected chi connectivity index (χ3v) is 3.51. The van der Waals surface area contributed by atoms with Crippen molar-refractivity contribution in [2.24, 2.45) is 5.84 Å². The van der Waals surface area contributed by atoms with Gasteiger partial charge in [0.25, 0.3) is 0 Å². The zero-order chi connectivity index (χ0) is 15.6. The number of nitrogens with one attached hydrogen (secondary N) is 1. The number of alkyl halides is 3. The van der Waals surface area contributed by atoms with Crippen LogP contribution in [-0.4, -0.2) is 0 Å². The minimum atomic E-state index is -4.54. The Labute approximate surface area is 127 Å². The van der Waals surface area contributed by atoms with Gasteiger partial charge in [-0.3, -0.25) is 5.84 Å². The molecule has 21 heavy (non-hydrogen) atoms. The SMILES string of the molecule is NNC(c1ccc(Br)cc1F)c1ccccc1C(F)(F)F. The Morgan fingerprint density at radius 2 is 1.71 bits per heavy atom. The minimum absolute atomic E-state index is 0.0393. The van der Waals surface area contributed by atoms with Crippen LogP contribution in [0.25, 0.3) is 0 Å². The van der Waals surface area contributed by atoms with Gasteiger partial charge in [-0.2, -0.15) is 13.2 Å². The number of hydrazine groups is 1. The highest BCUT2D eigenvalue weighted by molar-refractivity contribution is 9.10. The maximum atomic E-state index is 14.0. The molecule has 2 nitrogen and oxygen atoms in total. The first-order valence-corrected chi connectivity index (χ1v) is 6.71. The van der Waals surface area contributed by atoms with Gasteiger partial charge >= 0.3 is 6.18 Å². The molecule has 0 aliphatic carbocycles. The lowest BCUT2D eigenvalue weighted by Gasteiger charge is -2.22. The van der Waals surface area contributed by atoms with Crippen molar-refractivity contribution in [3.05, 3.63) is 69.4 Å². The van der Waals surface area contributed by atoms with Gasteiger partial charge in [-0.15, -0.1) is 0 Å². The standard InChI is InChI=1S/C14H11BrF4N2/c15-8-5-6-10(12(16)7-8)13(21-20)9-3-1-2-4-11(9)14(17,18)19/h1-7,13,21H,20H2. The molecule has 0 saturated carbocycles. The topological polar surface area (TPSA) is 38.0 Å². The van der Waals surface area contributed by atoms with Gasteiger partial charge in [-0.1, -0.05) is 40.2 Å². The van der Waals surface area contributed by atoms with E-state index in [0.717, 1.165) is 6.07 Å².